The molecule has 7 atom stereocenters. The molecule has 0 saturated heterocycles. The summed E-state index contributed by atoms with van der Waals surface area (Å²) in [7, 11) is 0. The molecular weight excluding hydrogens is 372 g/mol. The van der Waals surface area contributed by atoms with Crippen molar-refractivity contribution in [2.24, 2.45) is 29.1 Å². The van der Waals surface area contributed by atoms with E-state index >= 15 is 0 Å². The van der Waals surface area contributed by atoms with Gasteiger partial charge in [-0.2, -0.15) is 0 Å². The summed E-state index contributed by atoms with van der Waals surface area (Å²) in [4.78, 5) is 0. The zero-order valence-corrected chi connectivity index (χ0v) is 19.9. The van der Waals surface area contributed by atoms with Gasteiger partial charge in [0.05, 0.1) is 18.3 Å². The van der Waals surface area contributed by atoms with Gasteiger partial charge in [0.25, 0.3) is 0 Å². The fourth-order valence-electron chi connectivity index (χ4n) is 6.09. The smallest absolute Gasteiger partial charge is 0.0809 e. The molecule has 3 aliphatic rings. The molecule has 7 unspecified atom stereocenters. The van der Waals surface area contributed by atoms with Crippen molar-refractivity contribution in [2.75, 3.05) is 6.61 Å². The zero-order valence-electron chi connectivity index (χ0n) is 19.9. The second kappa shape index (κ2) is 9.71. The van der Waals surface area contributed by atoms with Crippen molar-refractivity contribution in [3.63, 3.8) is 0 Å². The summed E-state index contributed by atoms with van der Waals surface area (Å²) in [6.45, 7) is 16.3. The van der Waals surface area contributed by atoms with Crippen LogP contribution in [-0.2, 0) is 4.74 Å². The maximum Gasteiger partial charge on any atom is 0.0809 e. The molecule has 3 nitrogen and oxygen atoms in total. The van der Waals surface area contributed by atoms with Gasteiger partial charge < -0.3 is 14.9 Å². The molecule has 0 aromatic heterocycles. The van der Waals surface area contributed by atoms with Gasteiger partial charge in [-0.05, 0) is 86.5 Å². The summed E-state index contributed by atoms with van der Waals surface area (Å²) in [6, 6.07) is 0. The largest absolute Gasteiger partial charge is 0.388 e. The Hall–Kier alpha value is -0.900. The molecule has 0 bridgehead atoms. The topological polar surface area (TPSA) is 49.7 Å². The molecule has 0 aromatic rings. The van der Waals surface area contributed by atoms with Crippen LogP contribution in [0.4, 0.5) is 0 Å². The van der Waals surface area contributed by atoms with Gasteiger partial charge >= 0.3 is 0 Å². The highest BCUT2D eigenvalue weighted by Crippen LogP contribution is 2.58. The predicted octanol–water partition coefficient (Wildman–Crippen LogP) is 5.82. The van der Waals surface area contributed by atoms with E-state index in [1.165, 1.54) is 32.1 Å². The van der Waals surface area contributed by atoms with Crippen LogP contribution in [0, 0.1) is 29.1 Å². The van der Waals surface area contributed by atoms with Gasteiger partial charge in [0, 0.05) is 6.61 Å². The number of fused-ring (bicyclic) bond motifs is 1. The fraction of sp³-hybridized carbons (Fsp3) is 0.778. The Balaban J connectivity index is 1.69. The summed E-state index contributed by atoms with van der Waals surface area (Å²) < 4.78 is 6.39. The van der Waals surface area contributed by atoms with Gasteiger partial charge in [-0.3, -0.25) is 0 Å². The van der Waals surface area contributed by atoms with E-state index in [4.69, 9.17) is 4.74 Å². The highest BCUT2D eigenvalue weighted by atomic mass is 16.5. The number of aliphatic hydroxyl groups excluding tert-OH is 2. The van der Waals surface area contributed by atoms with E-state index in [9.17, 15) is 10.2 Å². The van der Waals surface area contributed by atoms with Gasteiger partial charge in [-0.15, -0.1) is 0 Å². The first-order chi connectivity index (χ1) is 14.1. The lowest BCUT2D eigenvalue weighted by Crippen LogP contribution is -2.39. The van der Waals surface area contributed by atoms with Crippen LogP contribution in [0.3, 0.4) is 0 Å². The molecule has 3 aliphatic carbocycles. The second-order valence-electron chi connectivity index (χ2n) is 10.9. The van der Waals surface area contributed by atoms with Crippen molar-refractivity contribution in [3.8, 4) is 0 Å². The van der Waals surface area contributed by atoms with Crippen LogP contribution in [0.2, 0.25) is 0 Å². The average molecular weight is 417 g/mol. The maximum absolute atomic E-state index is 10.1. The SMILES string of the molecule is C=C1C(O)CC(=CC=C2CCCC3(C)C2CCC3C(C)OCC(C)C(C)C)CC1O. The lowest BCUT2D eigenvalue weighted by atomic mass is 9.62. The van der Waals surface area contributed by atoms with Crippen molar-refractivity contribution in [3.05, 3.63) is 35.5 Å². The maximum atomic E-state index is 10.1. The first kappa shape index (κ1) is 23.8. The van der Waals surface area contributed by atoms with Gasteiger partial charge in [0.1, 0.15) is 0 Å². The minimum Gasteiger partial charge on any atom is -0.388 e. The van der Waals surface area contributed by atoms with E-state index < -0.39 is 12.2 Å². The Kier molecular flexibility index (Phi) is 7.69. The molecule has 3 saturated carbocycles. The van der Waals surface area contributed by atoms with E-state index in [0.717, 1.165) is 12.2 Å². The standard InChI is InChI=1S/C27H44O3/c1-17(2)18(3)16-30-20(5)23-11-12-24-22(8-7-13-27(23,24)6)10-9-21-14-25(28)19(4)26(29)15-21/h9-10,17-18,20,23-26,28-29H,4,7-8,11-16H2,1-3,5-6H3. The molecular formula is C27H44O3. The van der Waals surface area contributed by atoms with E-state index in [1.807, 2.05) is 0 Å². The molecule has 3 heteroatoms. The van der Waals surface area contributed by atoms with Crippen molar-refractivity contribution in [2.45, 2.75) is 97.9 Å². The van der Waals surface area contributed by atoms with Crippen LogP contribution in [0.1, 0.15) is 79.6 Å². The highest BCUT2D eigenvalue weighted by Gasteiger charge is 2.51. The molecule has 0 heterocycles. The molecule has 0 amide bonds. The highest BCUT2D eigenvalue weighted by molar-refractivity contribution is 5.29. The summed E-state index contributed by atoms with van der Waals surface area (Å²) in [6.07, 6.45) is 11.0. The minimum absolute atomic E-state index is 0.313. The Bertz CT molecular complexity index is 660. The van der Waals surface area contributed by atoms with Crippen molar-refractivity contribution >= 4 is 0 Å². The molecule has 3 fully saturated rings. The molecule has 0 spiro atoms. The quantitative estimate of drug-likeness (QED) is 0.536. The van der Waals surface area contributed by atoms with Crippen LogP contribution in [-0.4, -0.2) is 35.1 Å². The van der Waals surface area contributed by atoms with Gasteiger partial charge in [0.2, 0.25) is 0 Å². The number of ether oxygens (including phenoxy) is 1. The number of aliphatic hydroxyl groups is 2. The second-order valence-corrected chi connectivity index (χ2v) is 10.9. The third-order valence-corrected chi connectivity index (χ3v) is 8.66. The third kappa shape index (κ3) is 4.95. The van der Waals surface area contributed by atoms with Crippen LogP contribution < -0.4 is 0 Å². The van der Waals surface area contributed by atoms with E-state index in [1.54, 1.807) is 5.57 Å². The fourth-order valence-corrected chi connectivity index (χ4v) is 6.09. The molecule has 3 rings (SSSR count). The van der Waals surface area contributed by atoms with Crippen LogP contribution in [0.5, 0.6) is 0 Å². The molecule has 0 radical (unpaired) electrons. The molecule has 0 aliphatic heterocycles. The molecule has 30 heavy (non-hydrogen) atoms. The lowest BCUT2D eigenvalue weighted by molar-refractivity contribution is -0.0403. The lowest BCUT2D eigenvalue weighted by Gasteiger charge is -2.44. The summed E-state index contributed by atoms with van der Waals surface area (Å²) in [5, 5.41) is 20.3. The average Bonchev–Trinajstić information content (AvgIpc) is 3.05. The van der Waals surface area contributed by atoms with E-state index in [0.29, 0.717) is 53.6 Å². The van der Waals surface area contributed by atoms with Crippen molar-refractivity contribution in [1.82, 2.24) is 0 Å². The van der Waals surface area contributed by atoms with Crippen LogP contribution in [0.15, 0.2) is 35.5 Å². The first-order valence-electron chi connectivity index (χ1n) is 12.2. The van der Waals surface area contributed by atoms with Crippen LogP contribution in [0.25, 0.3) is 0 Å². The number of allylic oxidation sites excluding steroid dienone is 3. The molecule has 170 valence electrons. The molecule has 2 N–H and O–H groups in total. The van der Waals surface area contributed by atoms with E-state index in [-0.39, 0.29) is 0 Å². The monoisotopic (exact) mass is 416 g/mol. The normalized spacial score (nSPS) is 38.1. The zero-order chi connectivity index (χ0) is 22.1. The van der Waals surface area contributed by atoms with Gasteiger partial charge in [-0.1, -0.05) is 57.6 Å². The Morgan fingerprint density at radius 1 is 1.10 bits per heavy atom. The Morgan fingerprint density at radius 2 is 1.77 bits per heavy atom. The summed E-state index contributed by atoms with van der Waals surface area (Å²) >= 11 is 0. The van der Waals surface area contributed by atoms with Gasteiger partial charge in [-0.25, -0.2) is 0 Å². The van der Waals surface area contributed by atoms with Crippen molar-refractivity contribution < 1.29 is 14.9 Å². The predicted molar refractivity (Wildman–Crippen MR) is 124 cm³/mol. The number of hydrogen-bond donors (Lipinski definition) is 2. The Labute approximate surface area is 184 Å². The number of rotatable bonds is 6. The molecule has 0 aromatic carbocycles. The van der Waals surface area contributed by atoms with Crippen molar-refractivity contribution in [1.29, 1.82) is 0 Å². The summed E-state index contributed by atoms with van der Waals surface area (Å²) in [5.74, 6) is 2.52. The van der Waals surface area contributed by atoms with Gasteiger partial charge in [0.15, 0.2) is 0 Å². The minimum atomic E-state index is -0.614. The third-order valence-electron chi connectivity index (χ3n) is 8.66. The Morgan fingerprint density at radius 3 is 2.40 bits per heavy atom. The number of hydrogen-bond acceptors (Lipinski definition) is 3. The van der Waals surface area contributed by atoms with Crippen LogP contribution >= 0.6 is 0 Å². The van der Waals surface area contributed by atoms with E-state index in [2.05, 4.69) is 53.3 Å². The first-order valence-corrected chi connectivity index (χ1v) is 12.2. The summed E-state index contributed by atoms with van der Waals surface area (Å²) in [5.41, 5.74) is 3.58.